The van der Waals surface area contributed by atoms with Crippen LogP contribution in [0.3, 0.4) is 0 Å². The number of nitrogens with zero attached hydrogens (tertiary/aromatic N) is 2. The molecule has 0 aliphatic carbocycles. The van der Waals surface area contributed by atoms with Gasteiger partial charge in [0.25, 0.3) is 0 Å². The van der Waals surface area contributed by atoms with E-state index in [9.17, 15) is 4.79 Å². The van der Waals surface area contributed by atoms with E-state index >= 15 is 0 Å². The lowest BCUT2D eigenvalue weighted by Gasteiger charge is -2.09. The molecule has 126 valence electrons. The Balaban J connectivity index is 1.79. The van der Waals surface area contributed by atoms with Crippen LogP contribution in [0.1, 0.15) is 6.92 Å². The van der Waals surface area contributed by atoms with Crippen molar-refractivity contribution in [2.24, 2.45) is 0 Å². The number of aromatic nitrogens is 2. The number of nitrogens with one attached hydrogen (secondary N) is 1. The molecular weight excluding hydrogens is 322 g/mol. The molecule has 0 spiro atoms. The van der Waals surface area contributed by atoms with Crippen molar-refractivity contribution in [3.8, 4) is 22.3 Å². The highest BCUT2D eigenvalue weighted by atomic mass is 16.1. The molecule has 2 heterocycles. The number of carbonyl (C=O) groups excluding carboxylic acids is 1. The van der Waals surface area contributed by atoms with E-state index in [2.05, 4.69) is 27.4 Å². The summed E-state index contributed by atoms with van der Waals surface area (Å²) in [7, 11) is 0. The molecule has 1 amide bonds. The normalized spacial score (nSPS) is 10.7. The predicted molar refractivity (Wildman–Crippen MR) is 105 cm³/mol. The SMILES string of the molecule is CC(=O)Nc1ccc(-c2cnc3cccc(-c4ccncc4)c3c2)cc1. The molecule has 0 atom stereocenters. The summed E-state index contributed by atoms with van der Waals surface area (Å²) in [6, 6.07) is 20.1. The van der Waals surface area contributed by atoms with Crippen LogP contribution in [0.5, 0.6) is 0 Å². The van der Waals surface area contributed by atoms with Crippen LogP contribution in [0.4, 0.5) is 5.69 Å². The first-order chi connectivity index (χ1) is 12.7. The molecule has 4 heteroatoms. The van der Waals surface area contributed by atoms with Crippen molar-refractivity contribution >= 4 is 22.5 Å². The first kappa shape index (κ1) is 16.0. The average Bonchev–Trinajstić information content (AvgIpc) is 2.68. The molecule has 0 radical (unpaired) electrons. The lowest BCUT2D eigenvalue weighted by Crippen LogP contribution is -2.05. The van der Waals surface area contributed by atoms with E-state index in [4.69, 9.17) is 0 Å². The fourth-order valence-electron chi connectivity index (χ4n) is 3.04. The molecule has 0 aliphatic heterocycles. The van der Waals surface area contributed by atoms with Crippen molar-refractivity contribution in [1.29, 1.82) is 0 Å². The smallest absolute Gasteiger partial charge is 0.221 e. The van der Waals surface area contributed by atoms with Gasteiger partial charge in [0.05, 0.1) is 5.52 Å². The zero-order valence-corrected chi connectivity index (χ0v) is 14.3. The molecule has 0 fully saturated rings. The van der Waals surface area contributed by atoms with E-state index in [0.717, 1.165) is 38.8 Å². The number of fused-ring (bicyclic) bond motifs is 1. The van der Waals surface area contributed by atoms with E-state index in [1.54, 1.807) is 12.4 Å². The number of hydrogen-bond acceptors (Lipinski definition) is 3. The number of amides is 1. The Kier molecular flexibility index (Phi) is 4.15. The predicted octanol–water partition coefficient (Wildman–Crippen LogP) is 4.92. The largest absolute Gasteiger partial charge is 0.326 e. The molecule has 2 aromatic heterocycles. The Hall–Kier alpha value is -3.53. The third kappa shape index (κ3) is 3.17. The maximum atomic E-state index is 11.2. The third-order valence-corrected chi connectivity index (χ3v) is 4.26. The van der Waals surface area contributed by atoms with Gasteiger partial charge in [0, 0.05) is 42.2 Å². The Morgan fingerprint density at radius 2 is 1.65 bits per heavy atom. The maximum absolute atomic E-state index is 11.2. The monoisotopic (exact) mass is 339 g/mol. The molecule has 1 N–H and O–H groups in total. The van der Waals surface area contributed by atoms with Crippen LogP contribution in [-0.4, -0.2) is 15.9 Å². The van der Waals surface area contributed by atoms with Crippen molar-refractivity contribution < 1.29 is 4.79 Å². The second-order valence-corrected chi connectivity index (χ2v) is 6.09. The molecule has 4 nitrogen and oxygen atoms in total. The molecule has 4 rings (SSSR count). The van der Waals surface area contributed by atoms with Gasteiger partial charge in [-0.05, 0) is 53.1 Å². The van der Waals surface area contributed by atoms with Crippen LogP contribution in [0.25, 0.3) is 33.2 Å². The summed E-state index contributed by atoms with van der Waals surface area (Å²) in [5.41, 5.74) is 6.08. The van der Waals surface area contributed by atoms with Gasteiger partial charge in [0.15, 0.2) is 0 Å². The highest BCUT2D eigenvalue weighted by molar-refractivity contribution is 5.96. The van der Waals surface area contributed by atoms with Gasteiger partial charge in [0.2, 0.25) is 5.91 Å². The van der Waals surface area contributed by atoms with E-state index in [0.29, 0.717) is 0 Å². The molecule has 26 heavy (non-hydrogen) atoms. The average molecular weight is 339 g/mol. The van der Waals surface area contributed by atoms with E-state index in [1.807, 2.05) is 54.7 Å². The number of pyridine rings is 2. The summed E-state index contributed by atoms with van der Waals surface area (Å²) in [5, 5.41) is 3.88. The Morgan fingerprint density at radius 3 is 2.38 bits per heavy atom. The number of carbonyl (C=O) groups is 1. The number of anilines is 1. The van der Waals surface area contributed by atoms with Crippen LogP contribution in [0, 0.1) is 0 Å². The summed E-state index contributed by atoms with van der Waals surface area (Å²) in [4.78, 5) is 19.9. The minimum absolute atomic E-state index is 0.0767. The van der Waals surface area contributed by atoms with Gasteiger partial charge >= 0.3 is 0 Å². The van der Waals surface area contributed by atoms with Crippen molar-refractivity contribution in [2.75, 3.05) is 5.32 Å². The fraction of sp³-hybridized carbons (Fsp3) is 0.0455. The quantitative estimate of drug-likeness (QED) is 0.576. The first-order valence-electron chi connectivity index (χ1n) is 8.38. The minimum Gasteiger partial charge on any atom is -0.326 e. The Labute approximate surface area is 151 Å². The van der Waals surface area contributed by atoms with Crippen LogP contribution < -0.4 is 5.32 Å². The summed E-state index contributed by atoms with van der Waals surface area (Å²) < 4.78 is 0. The van der Waals surface area contributed by atoms with Crippen LogP contribution in [-0.2, 0) is 4.79 Å². The topological polar surface area (TPSA) is 54.9 Å². The van der Waals surface area contributed by atoms with Gasteiger partial charge < -0.3 is 5.32 Å². The molecule has 0 aliphatic rings. The first-order valence-corrected chi connectivity index (χ1v) is 8.38. The third-order valence-electron chi connectivity index (χ3n) is 4.26. The molecule has 0 unspecified atom stereocenters. The second kappa shape index (κ2) is 6.76. The molecule has 4 aromatic rings. The standard InChI is InChI=1S/C22H17N3O/c1-15(26)25-19-7-5-16(6-8-19)18-13-21-20(17-9-11-23-12-10-17)3-2-4-22(21)24-14-18/h2-14H,1H3,(H,25,26). The number of rotatable bonds is 3. The van der Waals surface area contributed by atoms with E-state index in [1.165, 1.54) is 6.92 Å². The summed E-state index contributed by atoms with van der Waals surface area (Å²) >= 11 is 0. The van der Waals surface area contributed by atoms with E-state index in [-0.39, 0.29) is 5.91 Å². The summed E-state index contributed by atoms with van der Waals surface area (Å²) in [5.74, 6) is -0.0767. The number of hydrogen-bond donors (Lipinski definition) is 1. The molecule has 0 saturated carbocycles. The van der Waals surface area contributed by atoms with Gasteiger partial charge in [-0.3, -0.25) is 14.8 Å². The van der Waals surface area contributed by atoms with Gasteiger partial charge in [0.1, 0.15) is 0 Å². The molecule has 0 bridgehead atoms. The lowest BCUT2D eigenvalue weighted by molar-refractivity contribution is -0.114. The van der Waals surface area contributed by atoms with Crippen LogP contribution >= 0.6 is 0 Å². The van der Waals surface area contributed by atoms with E-state index < -0.39 is 0 Å². The second-order valence-electron chi connectivity index (χ2n) is 6.09. The van der Waals surface area contributed by atoms with Crippen molar-refractivity contribution in [2.45, 2.75) is 6.92 Å². The zero-order chi connectivity index (χ0) is 17.9. The van der Waals surface area contributed by atoms with Gasteiger partial charge in [-0.25, -0.2) is 0 Å². The summed E-state index contributed by atoms with van der Waals surface area (Å²) in [6.45, 7) is 1.50. The van der Waals surface area contributed by atoms with Crippen molar-refractivity contribution in [3.05, 3.63) is 79.3 Å². The zero-order valence-electron chi connectivity index (χ0n) is 14.3. The van der Waals surface area contributed by atoms with Gasteiger partial charge in [-0.1, -0.05) is 24.3 Å². The molecule has 0 saturated heterocycles. The maximum Gasteiger partial charge on any atom is 0.221 e. The summed E-state index contributed by atoms with van der Waals surface area (Å²) in [6.07, 6.45) is 5.48. The fourth-order valence-corrected chi connectivity index (χ4v) is 3.04. The molecular formula is C22H17N3O. The van der Waals surface area contributed by atoms with Gasteiger partial charge in [-0.15, -0.1) is 0 Å². The van der Waals surface area contributed by atoms with Crippen LogP contribution in [0.2, 0.25) is 0 Å². The van der Waals surface area contributed by atoms with Crippen molar-refractivity contribution in [1.82, 2.24) is 9.97 Å². The van der Waals surface area contributed by atoms with Crippen molar-refractivity contribution in [3.63, 3.8) is 0 Å². The van der Waals surface area contributed by atoms with Crippen LogP contribution in [0.15, 0.2) is 79.3 Å². The molecule has 2 aromatic carbocycles. The Morgan fingerprint density at radius 1 is 0.885 bits per heavy atom. The van der Waals surface area contributed by atoms with Gasteiger partial charge in [-0.2, -0.15) is 0 Å². The lowest BCUT2D eigenvalue weighted by atomic mass is 9.98. The Bertz CT molecular complexity index is 1070. The highest BCUT2D eigenvalue weighted by Gasteiger charge is 2.07. The number of benzene rings is 2. The minimum atomic E-state index is -0.0767. The highest BCUT2D eigenvalue weighted by Crippen LogP contribution is 2.31.